The summed E-state index contributed by atoms with van der Waals surface area (Å²) in [6.45, 7) is 7.99. The van der Waals surface area contributed by atoms with E-state index >= 15 is 0 Å². The van der Waals surface area contributed by atoms with E-state index in [-0.39, 0.29) is 0 Å². The Hall–Kier alpha value is -2.15. The van der Waals surface area contributed by atoms with Crippen LogP contribution in [-0.4, -0.2) is 13.3 Å². The van der Waals surface area contributed by atoms with Crippen molar-refractivity contribution in [2.45, 2.75) is 13.8 Å². The molecule has 1 rings (SSSR count). The van der Waals surface area contributed by atoms with Crippen molar-refractivity contribution < 1.29 is 0 Å². The number of aliphatic imine (C=N–C) groups is 1. The maximum absolute atomic E-state index is 3.98. The number of hydrogen-bond donors (Lipinski definition) is 0. The summed E-state index contributed by atoms with van der Waals surface area (Å²) in [5, 5.41) is 0. The highest BCUT2D eigenvalue weighted by molar-refractivity contribution is 5.88. The first-order valence-corrected chi connectivity index (χ1v) is 6.38. The normalized spacial score (nSPS) is 13.4. The zero-order valence-electron chi connectivity index (χ0n) is 11.9. The van der Waals surface area contributed by atoms with E-state index in [2.05, 4.69) is 54.9 Å². The average molecular weight is 251 g/mol. The lowest BCUT2D eigenvalue weighted by molar-refractivity contribution is 1.47. The fraction of sp³-hybridized carbons (Fsp3) is 0.167. The lowest BCUT2D eigenvalue weighted by atomic mass is 9.99. The molecule has 1 nitrogen and oxygen atoms in total. The van der Waals surface area contributed by atoms with E-state index in [1.165, 1.54) is 11.1 Å². The van der Waals surface area contributed by atoms with Gasteiger partial charge in [0.1, 0.15) is 0 Å². The molecular formula is C18H21N. The Morgan fingerprint density at radius 3 is 2.58 bits per heavy atom. The van der Waals surface area contributed by atoms with E-state index in [1.807, 2.05) is 25.2 Å². The molecule has 0 aliphatic carbocycles. The van der Waals surface area contributed by atoms with Gasteiger partial charge in [-0.05, 0) is 48.3 Å². The second kappa shape index (κ2) is 8.04. The van der Waals surface area contributed by atoms with Gasteiger partial charge in [-0.2, -0.15) is 0 Å². The monoisotopic (exact) mass is 251 g/mol. The van der Waals surface area contributed by atoms with Crippen molar-refractivity contribution in [1.82, 2.24) is 0 Å². The highest BCUT2D eigenvalue weighted by Gasteiger charge is 2.00. The van der Waals surface area contributed by atoms with Crippen LogP contribution in [0.15, 0.2) is 66.2 Å². The minimum Gasteiger partial charge on any atom is -0.296 e. The lowest BCUT2D eigenvalue weighted by Crippen LogP contribution is -1.85. The first-order chi connectivity index (χ1) is 9.22. The van der Waals surface area contributed by atoms with E-state index in [9.17, 15) is 0 Å². The number of benzene rings is 1. The Labute approximate surface area is 116 Å². The molecule has 0 fully saturated rings. The molecule has 0 radical (unpaired) electrons. The fourth-order valence-electron chi connectivity index (χ4n) is 1.72. The minimum absolute atomic E-state index is 1.08. The summed E-state index contributed by atoms with van der Waals surface area (Å²) >= 11 is 0. The summed E-state index contributed by atoms with van der Waals surface area (Å²) < 4.78 is 0. The fourth-order valence-corrected chi connectivity index (χ4v) is 1.72. The largest absolute Gasteiger partial charge is 0.296 e. The molecule has 98 valence electrons. The van der Waals surface area contributed by atoms with Crippen molar-refractivity contribution in [3.63, 3.8) is 0 Å². The van der Waals surface area contributed by atoms with Crippen molar-refractivity contribution in [2.24, 2.45) is 4.99 Å². The predicted octanol–water partition coefficient (Wildman–Crippen LogP) is 4.94. The molecule has 0 bridgehead atoms. The topological polar surface area (TPSA) is 12.4 Å². The molecule has 1 aromatic carbocycles. The number of hydrogen-bond acceptors (Lipinski definition) is 1. The van der Waals surface area contributed by atoms with Crippen LogP contribution < -0.4 is 0 Å². The van der Waals surface area contributed by atoms with Gasteiger partial charge in [-0.3, -0.25) is 4.99 Å². The smallest absolute Gasteiger partial charge is 0.0277 e. The molecule has 0 N–H and O–H groups in total. The van der Waals surface area contributed by atoms with Crippen molar-refractivity contribution >= 4 is 17.4 Å². The highest BCUT2D eigenvalue weighted by Crippen LogP contribution is 2.21. The Kier molecular flexibility index (Phi) is 6.31. The standard InChI is InChI=1S/C18H21N/c1-5-7-9-15(3)17-10-8-11-18(14-17)16(6-2)12-13-19-4/h5-14H,2H2,1,3-4H3/b7-5-,15-9+,16-12+,19-13-. The molecular weight excluding hydrogens is 230 g/mol. The molecule has 0 amide bonds. The second-order valence-electron chi connectivity index (χ2n) is 4.19. The molecule has 0 atom stereocenters. The van der Waals surface area contributed by atoms with Gasteiger partial charge in [0.15, 0.2) is 0 Å². The maximum atomic E-state index is 3.98. The third kappa shape index (κ3) is 4.55. The molecule has 1 aromatic rings. The van der Waals surface area contributed by atoms with Crippen LogP contribution in [0.4, 0.5) is 0 Å². The summed E-state index contributed by atoms with van der Waals surface area (Å²) in [4.78, 5) is 3.98. The molecule has 1 heteroatoms. The molecule has 0 heterocycles. The molecule has 19 heavy (non-hydrogen) atoms. The average Bonchev–Trinajstić information content (AvgIpc) is 2.46. The summed E-state index contributed by atoms with van der Waals surface area (Å²) in [5.74, 6) is 0. The van der Waals surface area contributed by atoms with Crippen molar-refractivity contribution in [3.8, 4) is 0 Å². The van der Waals surface area contributed by atoms with Gasteiger partial charge in [0.25, 0.3) is 0 Å². The van der Waals surface area contributed by atoms with Gasteiger partial charge in [0.2, 0.25) is 0 Å². The molecule has 0 saturated carbocycles. The third-order valence-electron chi connectivity index (χ3n) is 2.81. The molecule has 0 aromatic heterocycles. The minimum atomic E-state index is 1.08. The number of nitrogens with zero attached hydrogens (tertiary/aromatic N) is 1. The third-order valence-corrected chi connectivity index (χ3v) is 2.81. The van der Waals surface area contributed by atoms with E-state index in [4.69, 9.17) is 0 Å². The Morgan fingerprint density at radius 2 is 1.95 bits per heavy atom. The predicted molar refractivity (Wildman–Crippen MR) is 87.5 cm³/mol. The number of allylic oxidation sites excluding steroid dienone is 7. The van der Waals surface area contributed by atoms with Gasteiger partial charge in [-0.15, -0.1) is 0 Å². The first kappa shape index (κ1) is 14.9. The van der Waals surface area contributed by atoms with Gasteiger partial charge in [0.05, 0.1) is 0 Å². The number of rotatable bonds is 5. The van der Waals surface area contributed by atoms with Crippen LogP contribution in [0, 0.1) is 0 Å². The van der Waals surface area contributed by atoms with Crippen LogP contribution in [0.25, 0.3) is 11.1 Å². The Morgan fingerprint density at radius 1 is 1.21 bits per heavy atom. The Balaban J connectivity index is 3.16. The van der Waals surface area contributed by atoms with Crippen LogP contribution in [0.5, 0.6) is 0 Å². The van der Waals surface area contributed by atoms with E-state index in [0.29, 0.717) is 0 Å². The summed E-state index contributed by atoms with van der Waals surface area (Å²) in [7, 11) is 1.76. The maximum Gasteiger partial charge on any atom is 0.0277 e. The van der Waals surface area contributed by atoms with Gasteiger partial charge in [0, 0.05) is 13.3 Å². The molecule has 0 spiro atoms. The summed E-state index contributed by atoms with van der Waals surface area (Å²) in [6.07, 6.45) is 11.8. The van der Waals surface area contributed by atoms with E-state index < -0.39 is 0 Å². The van der Waals surface area contributed by atoms with Gasteiger partial charge >= 0.3 is 0 Å². The lowest BCUT2D eigenvalue weighted by Gasteiger charge is -2.06. The van der Waals surface area contributed by atoms with Crippen molar-refractivity contribution in [3.05, 3.63) is 72.4 Å². The van der Waals surface area contributed by atoms with Gasteiger partial charge in [-0.1, -0.05) is 49.1 Å². The van der Waals surface area contributed by atoms with Gasteiger partial charge < -0.3 is 0 Å². The van der Waals surface area contributed by atoms with Crippen molar-refractivity contribution in [2.75, 3.05) is 7.05 Å². The van der Waals surface area contributed by atoms with Crippen LogP contribution in [0.1, 0.15) is 25.0 Å². The van der Waals surface area contributed by atoms with Crippen LogP contribution >= 0.6 is 0 Å². The zero-order chi connectivity index (χ0) is 14.1. The quantitative estimate of drug-likeness (QED) is 0.519. The highest BCUT2D eigenvalue weighted by atomic mass is 14.6. The molecule has 0 unspecified atom stereocenters. The zero-order valence-corrected chi connectivity index (χ0v) is 11.9. The van der Waals surface area contributed by atoms with Crippen LogP contribution in [-0.2, 0) is 0 Å². The van der Waals surface area contributed by atoms with E-state index in [0.717, 1.165) is 11.1 Å². The molecule has 0 saturated heterocycles. The summed E-state index contributed by atoms with van der Waals surface area (Å²) in [5.41, 5.74) is 4.69. The molecule has 0 aliphatic rings. The second-order valence-corrected chi connectivity index (χ2v) is 4.19. The Bertz CT molecular complexity index is 543. The summed E-state index contributed by atoms with van der Waals surface area (Å²) in [6, 6.07) is 8.45. The SMILES string of the molecule is C=C/C(=C\C=N/C)c1cccc(/C(C)=C/C=C\C)c1. The van der Waals surface area contributed by atoms with E-state index in [1.54, 1.807) is 13.3 Å². The van der Waals surface area contributed by atoms with Crippen molar-refractivity contribution in [1.29, 1.82) is 0 Å². The van der Waals surface area contributed by atoms with Crippen LogP contribution in [0.2, 0.25) is 0 Å². The molecule has 0 aliphatic heterocycles. The first-order valence-electron chi connectivity index (χ1n) is 6.38. The van der Waals surface area contributed by atoms with Gasteiger partial charge in [-0.25, -0.2) is 0 Å². The van der Waals surface area contributed by atoms with Crippen LogP contribution in [0.3, 0.4) is 0 Å².